The fraction of sp³-hybridized carbons (Fsp3) is 0.235. The third-order valence-electron chi connectivity index (χ3n) is 3.63. The summed E-state index contributed by atoms with van der Waals surface area (Å²) in [5.41, 5.74) is 2.72. The summed E-state index contributed by atoms with van der Waals surface area (Å²) in [5.74, 6) is 0. The standard InChI is InChI=1S/C17H16OS/c1-3-11-8-9-13-15(10-11)19-17-12(4-2)6-5-7-14(17)16(13)18/h5-10H,3-4H2,1-2H3. The van der Waals surface area contributed by atoms with Crippen LogP contribution in [0, 0.1) is 0 Å². The van der Waals surface area contributed by atoms with Gasteiger partial charge in [0.05, 0.1) is 0 Å². The molecule has 3 aromatic rings. The Labute approximate surface area is 116 Å². The van der Waals surface area contributed by atoms with Gasteiger partial charge in [0.1, 0.15) is 0 Å². The predicted octanol–water partition coefficient (Wildman–Crippen LogP) is 4.54. The smallest absolute Gasteiger partial charge is 0.195 e. The van der Waals surface area contributed by atoms with Gasteiger partial charge in [0.25, 0.3) is 0 Å². The van der Waals surface area contributed by atoms with Crippen molar-refractivity contribution in [3.05, 3.63) is 57.7 Å². The molecule has 1 nitrogen and oxygen atoms in total. The maximum atomic E-state index is 12.6. The minimum absolute atomic E-state index is 0.168. The fourth-order valence-corrected chi connectivity index (χ4v) is 3.79. The molecular formula is C17H16OS. The van der Waals surface area contributed by atoms with Gasteiger partial charge in [-0.25, -0.2) is 0 Å². The van der Waals surface area contributed by atoms with Gasteiger partial charge in [0.15, 0.2) is 5.43 Å². The van der Waals surface area contributed by atoms with E-state index in [1.807, 2.05) is 18.2 Å². The van der Waals surface area contributed by atoms with Gasteiger partial charge in [-0.05, 0) is 42.2 Å². The van der Waals surface area contributed by atoms with Crippen molar-refractivity contribution in [3.63, 3.8) is 0 Å². The van der Waals surface area contributed by atoms with Gasteiger partial charge in [-0.3, -0.25) is 4.79 Å². The van der Waals surface area contributed by atoms with E-state index in [4.69, 9.17) is 0 Å². The highest BCUT2D eigenvalue weighted by atomic mass is 32.1. The molecule has 2 heteroatoms. The van der Waals surface area contributed by atoms with Crippen molar-refractivity contribution in [2.45, 2.75) is 26.7 Å². The molecule has 19 heavy (non-hydrogen) atoms. The fourth-order valence-electron chi connectivity index (χ4n) is 2.48. The Bertz CT molecular complexity index is 814. The van der Waals surface area contributed by atoms with Crippen LogP contribution in [0.5, 0.6) is 0 Å². The summed E-state index contributed by atoms with van der Waals surface area (Å²) in [6.45, 7) is 4.28. The van der Waals surface area contributed by atoms with Gasteiger partial charge < -0.3 is 0 Å². The molecule has 0 unspecified atom stereocenters. The quantitative estimate of drug-likeness (QED) is 0.624. The second-order valence-electron chi connectivity index (χ2n) is 4.76. The number of rotatable bonds is 2. The topological polar surface area (TPSA) is 17.1 Å². The first-order chi connectivity index (χ1) is 9.24. The summed E-state index contributed by atoms with van der Waals surface area (Å²) in [7, 11) is 0. The molecule has 1 aromatic heterocycles. The maximum Gasteiger partial charge on any atom is 0.195 e. The van der Waals surface area contributed by atoms with E-state index in [0.29, 0.717) is 0 Å². The van der Waals surface area contributed by atoms with E-state index < -0.39 is 0 Å². The Morgan fingerprint density at radius 2 is 1.84 bits per heavy atom. The van der Waals surface area contributed by atoms with Crippen molar-refractivity contribution < 1.29 is 0 Å². The average molecular weight is 268 g/mol. The number of fused-ring (bicyclic) bond motifs is 2. The van der Waals surface area contributed by atoms with E-state index in [2.05, 4.69) is 32.0 Å². The largest absolute Gasteiger partial charge is 0.289 e. The molecule has 2 aromatic carbocycles. The lowest BCUT2D eigenvalue weighted by Crippen LogP contribution is -2.02. The molecule has 0 radical (unpaired) electrons. The van der Waals surface area contributed by atoms with Crippen LogP contribution in [-0.4, -0.2) is 0 Å². The summed E-state index contributed by atoms with van der Waals surface area (Å²) in [5, 5.41) is 1.71. The number of hydrogen-bond donors (Lipinski definition) is 0. The Morgan fingerprint density at radius 1 is 1.00 bits per heavy atom. The second kappa shape index (κ2) is 4.78. The summed E-state index contributed by atoms with van der Waals surface area (Å²) in [4.78, 5) is 12.6. The highest BCUT2D eigenvalue weighted by Crippen LogP contribution is 2.28. The number of hydrogen-bond acceptors (Lipinski definition) is 2. The molecule has 3 rings (SSSR count). The van der Waals surface area contributed by atoms with Crippen LogP contribution in [0.3, 0.4) is 0 Å². The van der Waals surface area contributed by atoms with Crippen molar-refractivity contribution in [2.24, 2.45) is 0 Å². The van der Waals surface area contributed by atoms with Crippen molar-refractivity contribution in [1.29, 1.82) is 0 Å². The molecule has 0 saturated carbocycles. The third-order valence-corrected chi connectivity index (χ3v) is 4.88. The van der Waals surface area contributed by atoms with Crippen LogP contribution in [0.4, 0.5) is 0 Å². The third kappa shape index (κ3) is 1.96. The summed E-state index contributed by atoms with van der Waals surface area (Å²) < 4.78 is 2.26. The van der Waals surface area contributed by atoms with Crippen LogP contribution >= 0.6 is 11.3 Å². The Hall–Kier alpha value is -1.67. The lowest BCUT2D eigenvalue weighted by atomic mass is 10.1. The molecular weight excluding hydrogens is 252 g/mol. The van der Waals surface area contributed by atoms with Crippen molar-refractivity contribution in [1.82, 2.24) is 0 Å². The van der Waals surface area contributed by atoms with Crippen LogP contribution in [0.15, 0.2) is 41.2 Å². The number of benzene rings is 2. The van der Waals surface area contributed by atoms with Crippen molar-refractivity contribution in [2.75, 3.05) is 0 Å². The highest BCUT2D eigenvalue weighted by Gasteiger charge is 2.08. The minimum atomic E-state index is 0.168. The van der Waals surface area contributed by atoms with Crippen LogP contribution in [-0.2, 0) is 12.8 Å². The second-order valence-corrected chi connectivity index (χ2v) is 5.81. The zero-order valence-electron chi connectivity index (χ0n) is 11.2. The molecule has 0 N–H and O–H groups in total. The van der Waals surface area contributed by atoms with Gasteiger partial charge in [-0.1, -0.05) is 32.0 Å². The molecule has 0 spiro atoms. The first-order valence-electron chi connectivity index (χ1n) is 6.72. The molecule has 0 aliphatic rings. The molecule has 0 atom stereocenters. The van der Waals surface area contributed by atoms with Crippen LogP contribution in [0.1, 0.15) is 25.0 Å². The van der Waals surface area contributed by atoms with Gasteiger partial charge in [0.2, 0.25) is 0 Å². The normalized spacial score (nSPS) is 11.3. The number of aryl methyl sites for hydroxylation is 2. The minimum Gasteiger partial charge on any atom is -0.289 e. The first-order valence-corrected chi connectivity index (χ1v) is 7.53. The van der Waals surface area contributed by atoms with E-state index >= 15 is 0 Å². The SMILES string of the molecule is CCc1ccc2c(=O)c3cccc(CC)c3sc2c1. The lowest BCUT2D eigenvalue weighted by molar-refractivity contribution is 1.15. The zero-order chi connectivity index (χ0) is 13.4. The van der Waals surface area contributed by atoms with E-state index in [1.54, 1.807) is 11.3 Å². The summed E-state index contributed by atoms with van der Waals surface area (Å²) in [6, 6.07) is 12.3. The van der Waals surface area contributed by atoms with Crippen molar-refractivity contribution >= 4 is 31.5 Å². The Balaban J connectivity index is 2.49. The predicted molar refractivity (Wildman–Crippen MR) is 84.4 cm³/mol. The summed E-state index contributed by atoms with van der Waals surface area (Å²) in [6.07, 6.45) is 1.97. The first kappa shape index (κ1) is 12.4. The Kier molecular flexibility index (Phi) is 3.11. The van der Waals surface area contributed by atoms with E-state index in [9.17, 15) is 4.79 Å². The van der Waals surface area contributed by atoms with Crippen LogP contribution in [0.2, 0.25) is 0 Å². The maximum absolute atomic E-state index is 12.6. The van der Waals surface area contributed by atoms with Gasteiger partial charge >= 0.3 is 0 Å². The zero-order valence-corrected chi connectivity index (χ0v) is 12.0. The molecule has 0 bridgehead atoms. The van der Waals surface area contributed by atoms with Gasteiger partial charge in [-0.2, -0.15) is 0 Å². The molecule has 0 aliphatic carbocycles. The van der Waals surface area contributed by atoms with Crippen LogP contribution < -0.4 is 5.43 Å². The van der Waals surface area contributed by atoms with E-state index in [1.165, 1.54) is 11.1 Å². The molecule has 0 amide bonds. The molecule has 1 heterocycles. The molecule has 0 fully saturated rings. The molecule has 0 saturated heterocycles. The monoisotopic (exact) mass is 268 g/mol. The average Bonchev–Trinajstić information content (AvgIpc) is 2.46. The van der Waals surface area contributed by atoms with E-state index in [0.717, 1.165) is 33.0 Å². The van der Waals surface area contributed by atoms with Crippen LogP contribution in [0.25, 0.3) is 20.2 Å². The molecule has 0 aliphatic heterocycles. The van der Waals surface area contributed by atoms with E-state index in [-0.39, 0.29) is 5.43 Å². The van der Waals surface area contributed by atoms with Gasteiger partial charge in [-0.15, -0.1) is 11.3 Å². The van der Waals surface area contributed by atoms with Crippen molar-refractivity contribution in [3.8, 4) is 0 Å². The highest BCUT2D eigenvalue weighted by molar-refractivity contribution is 7.24. The van der Waals surface area contributed by atoms with Gasteiger partial charge in [0, 0.05) is 20.2 Å². The Morgan fingerprint density at radius 3 is 2.58 bits per heavy atom. The molecule has 96 valence electrons. The lowest BCUT2D eigenvalue weighted by Gasteiger charge is -2.06. The summed E-state index contributed by atoms with van der Waals surface area (Å²) >= 11 is 1.75.